The summed E-state index contributed by atoms with van der Waals surface area (Å²) in [6.07, 6.45) is 5.62. The van der Waals surface area contributed by atoms with E-state index in [1.807, 2.05) is 31.2 Å². The van der Waals surface area contributed by atoms with Gasteiger partial charge in [-0.2, -0.15) is 0 Å². The standard InChI is InChI=1S/C10H19BN4O.C7H17BN2O2/c1-11(16)15-6-5-13(2)10(8-15)7-14-4-3-12-9-14;1-8(12)10-4-3-9(2)7(5-10)6-11/h3-4,9-10,16H,5-8H2,1-2H3;7,11-12H,3-6H2,1-2H3/t10-;7-/m01/s1. The number of aromatic nitrogens is 2. The second kappa shape index (κ2) is 11.3. The first kappa shape index (κ1) is 23.3. The molecule has 0 aromatic carbocycles. The van der Waals surface area contributed by atoms with Gasteiger partial charge in [0.15, 0.2) is 0 Å². The highest BCUT2D eigenvalue weighted by Crippen LogP contribution is 2.10. The third kappa shape index (κ3) is 6.84. The Hall–Kier alpha value is -0.940. The third-order valence-corrected chi connectivity index (χ3v) is 5.87. The van der Waals surface area contributed by atoms with Gasteiger partial charge in [-0.05, 0) is 27.7 Å². The van der Waals surface area contributed by atoms with Crippen LogP contribution in [0.5, 0.6) is 0 Å². The topological polar surface area (TPSA) is 91.5 Å². The molecular formula is C17H36B2N6O3. The number of aliphatic hydroxyl groups is 1. The van der Waals surface area contributed by atoms with Gasteiger partial charge in [0, 0.05) is 70.3 Å². The quantitative estimate of drug-likeness (QED) is 0.510. The van der Waals surface area contributed by atoms with Crippen LogP contribution in [0.4, 0.5) is 0 Å². The van der Waals surface area contributed by atoms with Gasteiger partial charge in [0.1, 0.15) is 0 Å². The van der Waals surface area contributed by atoms with Crippen molar-refractivity contribution in [2.45, 2.75) is 32.3 Å². The number of imidazole rings is 1. The van der Waals surface area contributed by atoms with Crippen molar-refractivity contribution in [2.24, 2.45) is 0 Å². The van der Waals surface area contributed by atoms with Gasteiger partial charge >= 0.3 is 14.1 Å². The summed E-state index contributed by atoms with van der Waals surface area (Å²) in [5, 5.41) is 27.9. The van der Waals surface area contributed by atoms with E-state index in [-0.39, 0.29) is 19.7 Å². The van der Waals surface area contributed by atoms with E-state index in [9.17, 15) is 10.0 Å². The van der Waals surface area contributed by atoms with Crippen LogP contribution in [0.15, 0.2) is 18.7 Å². The van der Waals surface area contributed by atoms with Crippen molar-refractivity contribution in [3.05, 3.63) is 18.7 Å². The van der Waals surface area contributed by atoms with Gasteiger partial charge in [-0.3, -0.25) is 9.80 Å². The largest absolute Gasteiger partial charge is 0.437 e. The molecule has 0 bridgehead atoms. The number of hydrogen-bond acceptors (Lipinski definition) is 8. The molecule has 158 valence electrons. The van der Waals surface area contributed by atoms with Gasteiger partial charge in [-0.1, -0.05) is 0 Å². The number of rotatable bonds is 5. The number of hydrogen-bond donors (Lipinski definition) is 3. The maximum atomic E-state index is 9.60. The van der Waals surface area contributed by atoms with E-state index in [1.54, 1.807) is 13.0 Å². The maximum absolute atomic E-state index is 9.60. The molecule has 0 aliphatic carbocycles. The van der Waals surface area contributed by atoms with Crippen LogP contribution in [0.25, 0.3) is 0 Å². The van der Waals surface area contributed by atoms with Crippen molar-refractivity contribution in [1.82, 2.24) is 29.0 Å². The molecule has 1 aromatic rings. The Bertz CT molecular complexity index is 551. The molecule has 2 atom stereocenters. The average molecular weight is 394 g/mol. The van der Waals surface area contributed by atoms with Crippen molar-refractivity contribution in [2.75, 3.05) is 60.0 Å². The Balaban J connectivity index is 0.000000209. The van der Waals surface area contributed by atoms with Crippen LogP contribution in [0.1, 0.15) is 0 Å². The molecule has 1 aromatic heterocycles. The molecule has 3 rings (SSSR count). The summed E-state index contributed by atoms with van der Waals surface area (Å²) in [5.74, 6) is 0. The zero-order valence-corrected chi connectivity index (χ0v) is 17.7. The van der Waals surface area contributed by atoms with E-state index in [1.165, 1.54) is 0 Å². The molecule has 2 fully saturated rings. The third-order valence-electron chi connectivity index (χ3n) is 5.87. The lowest BCUT2D eigenvalue weighted by Gasteiger charge is -2.40. The van der Waals surface area contributed by atoms with E-state index in [4.69, 9.17) is 5.11 Å². The van der Waals surface area contributed by atoms with Gasteiger partial charge in [0.2, 0.25) is 0 Å². The molecule has 0 spiro atoms. The minimum atomic E-state index is -0.396. The first-order valence-electron chi connectivity index (χ1n) is 10.1. The molecule has 3 heterocycles. The minimum Gasteiger partial charge on any atom is -0.437 e. The van der Waals surface area contributed by atoms with Crippen LogP contribution < -0.4 is 0 Å². The van der Waals surface area contributed by atoms with Crippen molar-refractivity contribution in [1.29, 1.82) is 0 Å². The van der Waals surface area contributed by atoms with E-state index in [0.29, 0.717) is 6.04 Å². The first-order valence-corrected chi connectivity index (χ1v) is 10.1. The molecule has 9 nitrogen and oxygen atoms in total. The molecule has 11 heteroatoms. The lowest BCUT2D eigenvalue weighted by molar-refractivity contribution is 0.0854. The minimum absolute atomic E-state index is 0.166. The molecule has 2 aliphatic rings. The molecule has 0 amide bonds. The molecule has 0 radical (unpaired) electrons. The predicted molar refractivity (Wildman–Crippen MR) is 113 cm³/mol. The summed E-state index contributed by atoms with van der Waals surface area (Å²) >= 11 is 0. The Morgan fingerprint density at radius 3 is 1.93 bits per heavy atom. The van der Waals surface area contributed by atoms with Gasteiger partial charge < -0.3 is 29.3 Å². The van der Waals surface area contributed by atoms with Crippen LogP contribution in [0.2, 0.25) is 13.6 Å². The summed E-state index contributed by atoms with van der Waals surface area (Å²) in [5.41, 5.74) is 0. The predicted octanol–water partition coefficient (Wildman–Crippen LogP) is -1.69. The van der Waals surface area contributed by atoms with Gasteiger partial charge in [0.05, 0.1) is 12.9 Å². The van der Waals surface area contributed by atoms with Gasteiger partial charge in [-0.15, -0.1) is 0 Å². The van der Waals surface area contributed by atoms with E-state index in [0.717, 1.165) is 45.8 Å². The van der Waals surface area contributed by atoms with E-state index in [2.05, 4.69) is 31.2 Å². The number of likely N-dealkylation sites (N-methyl/N-ethyl adjacent to an activating group) is 2. The highest BCUT2D eigenvalue weighted by molar-refractivity contribution is 6.45. The Morgan fingerprint density at radius 1 is 0.929 bits per heavy atom. The zero-order valence-electron chi connectivity index (χ0n) is 17.7. The Labute approximate surface area is 169 Å². The highest BCUT2D eigenvalue weighted by atomic mass is 16.3. The average Bonchev–Trinajstić information content (AvgIpc) is 3.17. The Kier molecular flexibility index (Phi) is 9.42. The van der Waals surface area contributed by atoms with Crippen molar-refractivity contribution < 1.29 is 15.2 Å². The number of piperazine rings is 2. The maximum Gasteiger partial charge on any atom is 0.376 e. The van der Waals surface area contributed by atoms with Crippen LogP contribution in [0, 0.1) is 0 Å². The molecule has 2 saturated heterocycles. The van der Waals surface area contributed by atoms with E-state index >= 15 is 0 Å². The highest BCUT2D eigenvalue weighted by Gasteiger charge is 2.28. The van der Waals surface area contributed by atoms with Crippen molar-refractivity contribution >= 4 is 14.1 Å². The van der Waals surface area contributed by atoms with Crippen molar-refractivity contribution in [3.63, 3.8) is 0 Å². The number of aliphatic hydroxyl groups excluding tert-OH is 1. The fourth-order valence-electron chi connectivity index (χ4n) is 3.65. The Morgan fingerprint density at radius 2 is 1.46 bits per heavy atom. The fraction of sp³-hybridized carbons (Fsp3) is 0.824. The normalized spacial score (nSPS) is 25.2. The van der Waals surface area contributed by atoms with Crippen LogP contribution >= 0.6 is 0 Å². The lowest BCUT2D eigenvalue weighted by Crippen LogP contribution is -2.56. The zero-order chi connectivity index (χ0) is 20.7. The van der Waals surface area contributed by atoms with Gasteiger partial charge in [-0.25, -0.2) is 4.98 Å². The summed E-state index contributed by atoms with van der Waals surface area (Å²) in [7, 11) is 3.40. The number of nitrogens with zero attached hydrogens (tertiary/aromatic N) is 6. The fourth-order valence-corrected chi connectivity index (χ4v) is 3.65. The summed E-state index contributed by atoms with van der Waals surface area (Å²) < 4.78 is 2.09. The van der Waals surface area contributed by atoms with Crippen LogP contribution in [-0.4, -0.2) is 130 Å². The molecule has 0 saturated carbocycles. The van der Waals surface area contributed by atoms with Crippen molar-refractivity contribution in [3.8, 4) is 0 Å². The second-order valence-corrected chi connectivity index (χ2v) is 7.96. The summed E-state index contributed by atoms with van der Waals surface area (Å²) in [4.78, 5) is 12.6. The summed E-state index contributed by atoms with van der Waals surface area (Å²) in [6, 6.07) is 0.617. The first-order chi connectivity index (χ1) is 13.3. The molecule has 0 unspecified atom stereocenters. The monoisotopic (exact) mass is 394 g/mol. The second-order valence-electron chi connectivity index (χ2n) is 7.96. The van der Waals surface area contributed by atoms with Crippen LogP contribution in [0.3, 0.4) is 0 Å². The summed E-state index contributed by atoms with van der Waals surface area (Å²) in [6.45, 7) is 10.1. The lowest BCUT2D eigenvalue weighted by atomic mass is 9.83. The van der Waals surface area contributed by atoms with E-state index < -0.39 is 7.05 Å². The molecule has 3 N–H and O–H groups in total. The molecule has 2 aliphatic heterocycles. The molecule has 28 heavy (non-hydrogen) atoms. The van der Waals surface area contributed by atoms with Crippen LogP contribution in [-0.2, 0) is 6.54 Å². The van der Waals surface area contributed by atoms with Gasteiger partial charge in [0.25, 0.3) is 0 Å². The smallest absolute Gasteiger partial charge is 0.376 e. The molecular weight excluding hydrogens is 358 g/mol. The SMILES string of the molecule is CB(O)N1CCN(C)[C@@H](CO)C1.CB(O)N1CCN(C)[C@@H](Cn2ccnc2)C1.